The maximum absolute atomic E-state index is 5.35. The van der Waals surface area contributed by atoms with Gasteiger partial charge in [-0.2, -0.15) is 4.98 Å². The summed E-state index contributed by atoms with van der Waals surface area (Å²) in [5.74, 6) is 1.13. The lowest BCUT2D eigenvalue weighted by molar-refractivity contribution is 0.167. The maximum Gasteiger partial charge on any atom is 0.226 e. The van der Waals surface area contributed by atoms with Crippen LogP contribution >= 0.6 is 0 Å². The first-order valence-corrected chi connectivity index (χ1v) is 5.64. The second kappa shape index (κ2) is 7.62. The van der Waals surface area contributed by atoms with Crippen LogP contribution in [-0.4, -0.2) is 36.3 Å². The first-order valence-electron chi connectivity index (χ1n) is 5.64. The van der Waals surface area contributed by atoms with E-state index in [1.165, 1.54) is 0 Å². The molecule has 0 atom stereocenters. The van der Waals surface area contributed by atoms with Crippen LogP contribution in [0.2, 0.25) is 0 Å². The van der Waals surface area contributed by atoms with E-state index in [1.807, 2.05) is 13.8 Å². The van der Waals surface area contributed by atoms with E-state index in [4.69, 9.17) is 9.47 Å². The van der Waals surface area contributed by atoms with E-state index in [2.05, 4.69) is 21.9 Å². The van der Waals surface area contributed by atoms with Crippen molar-refractivity contribution in [1.29, 1.82) is 0 Å². The minimum Gasteiger partial charge on any atom is -0.478 e. The maximum atomic E-state index is 5.35. The van der Waals surface area contributed by atoms with Crippen LogP contribution in [0.1, 0.15) is 13.8 Å². The van der Waals surface area contributed by atoms with Crippen LogP contribution in [0.4, 0.5) is 5.95 Å². The fourth-order valence-corrected chi connectivity index (χ4v) is 1.14. The lowest BCUT2D eigenvalue weighted by atomic mass is 10.4. The topological polar surface area (TPSA) is 56.3 Å². The van der Waals surface area contributed by atoms with Gasteiger partial charge >= 0.3 is 0 Å². The molecule has 5 nitrogen and oxygen atoms in total. The summed E-state index contributed by atoms with van der Waals surface area (Å²) in [6.07, 6.45) is 1.66. The van der Waals surface area contributed by atoms with E-state index in [1.54, 1.807) is 12.3 Å². The molecule has 0 spiro atoms. The molecule has 1 heterocycles. The number of anilines is 1. The summed E-state index contributed by atoms with van der Waals surface area (Å²) in [6.45, 7) is 10.0. The molecule has 1 aromatic heterocycles. The molecule has 1 aromatic rings. The van der Waals surface area contributed by atoms with Gasteiger partial charge in [-0.15, -0.1) is 0 Å². The van der Waals surface area contributed by atoms with Crippen molar-refractivity contribution in [2.75, 3.05) is 31.7 Å². The van der Waals surface area contributed by atoms with Gasteiger partial charge in [-0.1, -0.05) is 12.2 Å². The third kappa shape index (κ3) is 5.87. The van der Waals surface area contributed by atoms with E-state index in [9.17, 15) is 0 Å². The smallest absolute Gasteiger partial charge is 0.226 e. The zero-order valence-corrected chi connectivity index (χ0v) is 10.4. The van der Waals surface area contributed by atoms with E-state index in [-0.39, 0.29) is 0 Å². The van der Waals surface area contributed by atoms with Crippen LogP contribution < -0.4 is 10.1 Å². The monoisotopic (exact) mass is 237 g/mol. The molecule has 0 saturated carbocycles. The lowest BCUT2D eigenvalue weighted by Gasteiger charge is -2.07. The van der Waals surface area contributed by atoms with Gasteiger partial charge in [-0.05, 0) is 13.8 Å². The molecule has 5 heteroatoms. The standard InChI is InChI=1S/C12H19N3O2/c1-4-17-11-5-6-13-12(15-11)14-7-8-16-9-10(2)3/h5-6H,2,4,7-9H2,1,3H3,(H,13,14,15). The molecule has 94 valence electrons. The highest BCUT2D eigenvalue weighted by atomic mass is 16.5. The van der Waals surface area contributed by atoms with Crippen molar-refractivity contribution in [3.8, 4) is 5.88 Å². The first kappa shape index (κ1) is 13.4. The molecule has 17 heavy (non-hydrogen) atoms. The van der Waals surface area contributed by atoms with Crippen molar-refractivity contribution in [2.45, 2.75) is 13.8 Å². The molecular formula is C12H19N3O2. The van der Waals surface area contributed by atoms with E-state index >= 15 is 0 Å². The Morgan fingerprint density at radius 1 is 1.53 bits per heavy atom. The number of nitrogens with one attached hydrogen (secondary N) is 1. The average molecular weight is 237 g/mol. The van der Waals surface area contributed by atoms with Gasteiger partial charge in [0.25, 0.3) is 0 Å². The Bertz CT molecular complexity index is 355. The highest BCUT2D eigenvalue weighted by molar-refractivity contribution is 5.27. The zero-order chi connectivity index (χ0) is 12.5. The predicted octanol–water partition coefficient (Wildman–Crippen LogP) is 1.88. The van der Waals surface area contributed by atoms with Crippen molar-refractivity contribution in [2.24, 2.45) is 0 Å². The van der Waals surface area contributed by atoms with Crippen molar-refractivity contribution < 1.29 is 9.47 Å². The van der Waals surface area contributed by atoms with Gasteiger partial charge in [0.2, 0.25) is 11.8 Å². The highest BCUT2D eigenvalue weighted by Gasteiger charge is 1.98. The molecule has 1 N–H and O–H groups in total. The normalized spacial score (nSPS) is 10.0. The van der Waals surface area contributed by atoms with Gasteiger partial charge in [0.05, 0.1) is 19.8 Å². The third-order valence-corrected chi connectivity index (χ3v) is 1.80. The Morgan fingerprint density at radius 3 is 3.06 bits per heavy atom. The molecule has 0 aliphatic rings. The quantitative estimate of drug-likeness (QED) is 0.552. The zero-order valence-electron chi connectivity index (χ0n) is 10.4. The number of hydrogen-bond acceptors (Lipinski definition) is 5. The van der Waals surface area contributed by atoms with Gasteiger partial charge in [-0.3, -0.25) is 0 Å². The molecule has 0 bridgehead atoms. The summed E-state index contributed by atoms with van der Waals surface area (Å²) >= 11 is 0. The van der Waals surface area contributed by atoms with Gasteiger partial charge in [0.1, 0.15) is 0 Å². The second-order valence-electron chi connectivity index (χ2n) is 3.59. The number of aromatic nitrogens is 2. The van der Waals surface area contributed by atoms with E-state index < -0.39 is 0 Å². The molecular weight excluding hydrogens is 218 g/mol. The molecule has 1 rings (SSSR count). The number of hydrogen-bond donors (Lipinski definition) is 1. The van der Waals surface area contributed by atoms with Gasteiger partial charge in [-0.25, -0.2) is 4.98 Å². The molecule has 0 fully saturated rings. The minimum absolute atomic E-state index is 0.551. The van der Waals surface area contributed by atoms with Crippen LogP contribution in [0, 0.1) is 0 Å². The Balaban J connectivity index is 2.26. The van der Waals surface area contributed by atoms with E-state index in [0.29, 0.717) is 38.2 Å². The first-order chi connectivity index (χ1) is 8.22. The Kier molecular flexibility index (Phi) is 6.03. The van der Waals surface area contributed by atoms with Crippen LogP contribution in [0.15, 0.2) is 24.4 Å². The van der Waals surface area contributed by atoms with Crippen LogP contribution in [-0.2, 0) is 4.74 Å². The molecule has 0 aliphatic heterocycles. The van der Waals surface area contributed by atoms with E-state index in [0.717, 1.165) is 5.57 Å². The number of ether oxygens (including phenoxy) is 2. The van der Waals surface area contributed by atoms with Crippen LogP contribution in [0.5, 0.6) is 5.88 Å². The second-order valence-corrected chi connectivity index (χ2v) is 3.59. The van der Waals surface area contributed by atoms with Gasteiger partial charge in [0, 0.05) is 18.8 Å². The largest absolute Gasteiger partial charge is 0.478 e. The summed E-state index contributed by atoms with van der Waals surface area (Å²) in [5.41, 5.74) is 1.01. The molecule has 0 aliphatic carbocycles. The Hall–Kier alpha value is -1.62. The molecule has 0 unspecified atom stereocenters. The summed E-state index contributed by atoms with van der Waals surface area (Å²) in [5, 5.41) is 3.06. The third-order valence-electron chi connectivity index (χ3n) is 1.80. The lowest BCUT2D eigenvalue weighted by Crippen LogP contribution is -2.12. The van der Waals surface area contributed by atoms with Gasteiger partial charge < -0.3 is 14.8 Å². The summed E-state index contributed by atoms with van der Waals surface area (Å²) in [4.78, 5) is 8.26. The van der Waals surface area contributed by atoms with Crippen molar-refractivity contribution in [3.63, 3.8) is 0 Å². The molecule has 0 radical (unpaired) electrons. The Morgan fingerprint density at radius 2 is 2.35 bits per heavy atom. The van der Waals surface area contributed by atoms with Crippen LogP contribution in [0.3, 0.4) is 0 Å². The molecule has 0 aromatic carbocycles. The minimum atomic E-state index is 0.551. The summed E-state index contributed by atoms with van der Waals surface area (Å²) in [7, 11) is 0. The molecule has 0 amide bonds. The summed E-state index contributed by atoms with van der Waals surface area (Å²) in [6, 6.07) is 1.73. The highest BCUT2D eigenvalue weighted by Crippen LogP contribution is 2.07. The van der Waals surface area contributed by atoms with Gasteiger partial charge in [0.15, 0.2) is 0 Å². The number of nitrogens with zero attached hydrogens (tertiary/aromatic N) is 2. The van der Waals surface area contributed by atoms with Crippen molar-refractivity contribution >= 4 is 5.95 Å². The molecule has 0 saturated heterocycles. The number of rotatable bonds is 8. The predicted molar refractivity (Wildman–Crippen MR) is 67.3 cm³/mol. The summed E-state index contributed by atoms with van der Waals surface area (Å²) < 4.78 is 10.6. The average Bonchev–Trinajstić information content (AvgIpc) is 2.29. The van der Waals surface area contributed by atoms with Crippen molar-refractivity contribution in [3.05, 3.63) is 24.4 Å². The SMILES string of the molecule is C=C(C)COCCNc1nccc(OCC)n1. The van der Waals surface area contributed by atoms with Crippen molar-refractivity contribution in [1.82, 2.24) is 9.97 Å². The fourth-order valence-electron chi connectivity index (χ4n) is 1.14. The van der Waals surface area contributed by atoms with Crippen LogP contribution in [0.25, 0.3) is 0 Å². The Labute approximate surface area is 102 Å². The fraction of sp³-hybridized carbons (Fsp3) is 0.500.